The van der Waals surface area contributed by atoms with Crippen LogP contribution in [0.1, 0.15) is 41.0 Å². The van der Waals surface area contributed by atoms with Crippen molar-refractivity contribution in [1.29, 1.82) is 0 Å². The molecule has 0 saturated heterocycles. The highest BCUT2D eigenvalue weighted by Crippen LogP contribution is 2.29. The monoisotopic (exact) mass is 300 g/mol. The Kier molecular flexibility index (Phi) is 4.81. The second-order valence-electron chi connectivity index (χ2n) is 6.96. The maximum absolute atomic E-state index is 13.2. The molecule has 0 atom stereocenters. The first-order valence-corrected chi connectivity index (χ1v) is 6.67. The Morgan fingerprint density at radius 3 is 2.29 bits per heavy atom. The van der Waals surface area contributed by atoms with Crippen LogP contribution in [0.5, 0.6) is 5.75 Å². The average Bonchev–Trinajstić information content (AvgIpc) is 2.26. The van der Waals surface area contributed by atoms with E-state index in [0.717, 1.165) is 18.6 Å². The van der Waals surface area contributed by atoms with E-state index in [-0.39, 0.29) is 11.1 Å². The Balaban J connectivity index is 2.77. The van der Waals surface area contributed by atoms with Crippen LogP contribution >= 0.6 is 0 Å². The highest BCUT2D eigenvalue weighted by Gasteiger charge is 2.27. The van der Waals surface area contributed by atoms with Crippen molar-refractivity contribution >= 4 is 11.7 Å². The fourth-order valence-corrected chi connectivity index (χ4v) is 2.47. The van der Waals surface area contributed by atoms with Gasteiger partial charge in [0.2, 0.25) is 5.82 Å². The van der Waals surface area contributed by atoms with Crippen LogP contribution in [0.4, 0.5) is 19.3 Å². The van der Waals surface area contributed by atoms with Gasteiger partial charge in [0, 0.05) is 5.54 Å². The van der Waals surface area contributed by atoms with E-state index in [1.807, 2.05) is 13.8 Å². The standard InChI is InChI=1S/C15H22F2N2O2/c1-14(2,3)8-15(4,5)19-13(21)18-10-7-6-9(16)11(17)12(10)20/h6-7,20H,8H2,1-5H3,(H2,18,19,21). The van der Waals surface area contributed by atoms with Crippen molar-refractivity contribution < 1.29 is 18.7 Å². The molecule has 1 aromatic carbocycles. The normalized spacial score (nSPS) is 12.1. The molecule has 0 aliphatic heterocycles. The van der Waals surface area contributed by atoms with Crippen LogP contribution in [0.3, 0.4) is 0 Å². The van der Waals surface area contributed by atoms with E-state index in [0.29, 0.717) is 0 Å². The molecule has 1 rings (SSSR count). The number of halogens is 2. The summed E-state index contributed by atoms with van der Waals surface area (Å²) in [5.74, 6) is -3.48. The Bertz CT molecular complexity index is 537. The van der Waals surface area contributed by atoms with E-state index in [1.165, 1.54) is 0 Å². The second-order valence-corrected chi connectivity index (χ2v) is 6.96. The van der Waals surface area contributed by atoms with E-state index >= 15 is 0 Å². The number of carbonyl (C=O) groups is 1. The number of anilines is 1. The molecule has 0 spiro atoms. The fourth-order valence-electron chi connectivity index (χ4n) is 2.47. The minimum absolute atomic E-state index is 0.0148. The molecule has 0 saturated carbocycles. The lowest BCUT2D eigenvalue weighted by Crippen LogP contribution is -2.47. The number of amides is 2. The lowest BCUT2D eigenvalue weighted by molar-refractivity contribution is 0.220. The lowest BCUT2D eigenvalue weighted by Gasteiger charge is -2.33. The number of rotatable bonds is 3. The Morgan fingerprint density at radius 2 is 1.76 bits per heavy atom. The van der Waals surface area contributed by atoms with Crippen LogP contribution in [-0.2, 0) is 0 Å². The average molecular weight is 300 g/mol. The number of aromatic hydroxyl groups is 1. The summed E-state index contributed by atoms with van der Waals surface area (Å²) in [6.45, 7) is 9.88. The minimum atomic E-state index is -1.39. The van der Waals surface area contributed by atoms with Crippen LogP contribution in [0.15, 0.2) is 12.1 Å². The van der Waals surface area contributed by atoms with Crippen molar-refractivity contribution in [2.24, 2.45) is 5.41 Å². The smallest absolute Gasteiger partial charge is 0.319 e. The van der Waals surface area contributed by atoms with Crippen molar-refractivity contribution in [3.05, 3.63) is 23.8 Å². The van der Waals surface area contributed by atoms with Gasteiger partial charge in [0.15, 0.2) is 11.6 Å². The number of urea groups is 1. The molecule has 21 heavy (non-hydrogen) atoms. The third kappa shape index (κ3) is 5.21. The summed E-state index contributed by atoms with van der Waals surface area (Å²) in [7, 11) is 0. The van der Waals surface area contributed by atoms with Gasteiger partial charge in [-0.25, -0.2) is 9.18 Å². The van der Waals surface area contributed by atoms with Crippen molar-refractivity contribution in [2.45, 2.75) is 46.6 Å². The van der Waals surface area contributed by atoms with Crippen LogP contribution in [0, 0.1) is 17.0 Å². The molecule has 118 valence electrons. The van der Waals surface area contributed by atoms with Crippen LogP contribution < -0.4 is 10.6 Å². The quantitative estimate of drug-likeness (QED) is 0.739. The number of hydrogen-bond acceptors (Lipinski definition) is 2. The van der Waals surface area contributed by atoms with Gasteiger partial charge in [-0.3, -0.25) is 0 Å². The number of carbonyl (C=O) groups excluding carboxylic acids is 1. The topological polar surface area (TPSA) is 61.4 Å². The molecule has 2 amide bonds. The highest BCUT2D eigenvalue weighted by atomic mass is 19.2. The summed E-state index contributed by atoms with van der Waals surface area (Å²) < 4.78 is 26.1. The van der Waals surface area contributed by atoms with Crippen molar-refractivity contribution in [3.8, 4) is 5.75 Å². The molecule has 0 bridgehead atoms. The largest absolute Gasteiger partial charge is 0.503 e. The molecule has 0 fully saturated rings. The molecule has 6 heteroatoms. The van der Waals surface area contributed by atoms with Gasteiger partial charge < -0.3 is 15.7 Å². The zero-order chi connectivity index (χ0) is 16.4. The first-order valence-electron chi connectivity index (χ1n) is 6.67. The van der Waals surface area contributed by atoms with Gasteiger partial charge in [0.25, 0.3) is 0 Å². The molecule has 0 aliphatic rings. The van der Waals surface area contributed by atoms with E-state index in [9.17, 15) is 18.7 Å². The maximum Gasteiger partial charge on any atom is 0.319 e. The fraction of sp³-hybridized carbons (Fsp3) is 0.533. The molecule has 1 aromatic rings. The highest BCUT2D eigenvalue weighted by molar-refractivity contribution is 5.91. The Labute approximate surface area is 123 Å². The summed E-state index contributed by atoms with van der Waals surface area (Å²) >= 11 is 0. The summed E-state index contributed by atoms with van der Waals surface area (Å²) in [5.41, 5.74) is -0.657. The maximum atomic E-state index is 13.2. The number of hydrogen-bond donors (Lipinski definition) is 3. The van der Waals surface area contributed by atoms with Crippen LogP contribution in [0.2, 0.25) is 0 Å². The van der Waals surface area contributed by atoms with Gasteiger partial charge in [-0.1, -0.05) is 20.8 Å². The number of nitrogens with one attached hydrogen (secondary N) is 2. The van der Waals surface area contributed by atoms with E-state index in [2.05, 4.69) is 31.4 Å². The van der Waals surface area contributed by atoms with Gasteiger partial charge in [0.1, 0.15) is 0 Å². The van der Waals surface area contributed by atoms with E-state index < -0.39 is 29.0 Å². The summed E-state index contributed by atoms with van der Waals surface area (Å²) in [6, 6.07) is 1.35. The van der Waals surface area contributed by atoms with Crippen molar-refractivity contribution in [2.75, 3.05) is 5.32 Å². The lowest BCUT2D eigenvalue weighted by atomic mass is 9.82. The molecule has 0 aliphatic carbocycles. The minimum Gasteiger partial charge on any atom is -0.503 e. The van der Waals surface area contributed by atoms with Crippen LogP contribution in [-0.4, -0.2) is 16.7 Å². The molecule has 3 N–H and O–H groups in total. The van der Waals surface area contributed by atoms with Gasteiger partial charge in [0.05, 0.1) is 5.69 Å². The third-order valence-electron chi connectivity index (χ3n) is 2.74. The number of phenols is 1. The molecule has 0 heterocycles. The first-order chi connectivity index (χ1) is 9.41. The molecule has 4 nitrogen and oxygen atoms in total. The van der Waals surface area contributed by atoms with Crippen molar-refractivity contribution in [3.63, 3.8) is 0 Å². The SMILES string of the molecule is CC(C)(C)CC(C)(C)NC(=O)Nc1ccc(F)c(F)c1O. The summed E-state index contributed by atoms with van der Waals surface area (Å²) in [4.78, 5) is 11.9. The van der Waals surface area contributed by atoms with Crippen molar-refractivity contribution in [1.82, 2.24) is 5.32 Å². The zero-order valence-corrected chi connectivity index (χ0v) is 13.0. The molecular formula is C15H22F2N2O2. The number of phenolic OH excluding ortho intramolecular Hbond substituents is 1. The van der Waals surface area contributed by atoms with E-state index in [4.69, 9.17) is 0 Å². The van der Waals surface area contributed by atoms with Gasteiger partial charge >= 0.3 is 6.03 Å². The number of benzene rings is 1. The summed E-state index contributed by atoms with van der Waals surface area (Å²) in [5, 5.41) is 14.5. The van der Waals surface area contributed by atoms with E-state index in [1.54, 1.807) is 0 Å². The zero-order valence-electron chi connectivity index (χ0n) is 13.0. The van der Waals surface area contributed by atoms with Gasteiger partial charge in [-0.2, -0.15) is 4.39 Å². The van der Waals surface area contributed by atoms with Crippen LogP contribution in [0.25, 0.3) is 0 Å². The molecule has 0 unspecified atom stereocenters. The predicted molar refractivity (Wildman–Crippen MR) is 78.3 cm³/mol. The molecule has 0 radical (unpaired) electrons. The molecule has 0 aromatic heterocycles. The molecular weight excluding hydrogens is 278 g/mol. The first kappa shape index (κ1) is 17.2. The predicted octanol–water partition coefficient (Wildman–Crippen LogP) is 4.01. The Morgan fingerprint density at radius 1 is 1.19 bits per heavy atom. The Hall–Kier alpha value is -1.85. The third-order valence-corrected chi connectivity index (χ3v) is 2.74. The van der Waals surface area contributed by atoms with Gasteiger partial charge in [-0.15, -0.1) is 0 Å². The second kappa shape index (κ2) is 5.87. The summed E-state index contributed by atoms with van der Waals surface area (Å²) in [6.07, 6.45) is 0.719. The van der Waals surface area contributed by atoms with Gasteiger partial charge in [-0.05, 0) is 37.8 Å².